The monoisotopic (exact) mass is 358 g/mol. The van der Waals surface area contributed by atoms with Crippen LogP contribution in [0.2, 0.25) is 0 Å². The molecule has 0 unspecified atom stereocenters. The van der Waals surface area contributed by atoms with Gasteiger partial charge in [-0.25, -0.2) is 23.8 Å². The maximum absolute atomic E-state index is 3.40. The first kappa shape index (κ1) is 20.7. The van der Waals surface area contributed by atoms with Crippen molar-refractivity contribution in [2.45, 2.75) is 38.5 Å². The summed E-state index contributed by atoms with van der Waals surface area (Å²) < 4.78 is 0. The quantitative estimate of drug-likeness (QED) is 0.483. The van der Waals surface area contributed by atoms with Crippen molar-refractivity contribution in [1.29, 1.82) is 0 Å². The van der Waals surface area contributed by atoms with E-state index in [2.05, 4.69) is 30.4 Å². The fourth-order valence-electron chi connectivity index (χ4n) is 2.28. The van der Waals surface area contributed by atoms with Crippen LogP contribution in [-0.2, 0) is 26.2 Å². The number of halogens is 2. The van der Waals surface area contributed by atoms with Gasteiger partial charge in [0.2, 0.25) is 0 Å². The molecule has 0 spiro atoms. The Balaban J connectivity index is 0. The van der Waals surface area contributed by atoms with Crippen molar-refractivity contribution >= 4 is 0 Å². The maximum Gasteiger partial charge on any atom is 4.00 e. The molecular formula is C15H18Cl2Zr. The summed E-state index contributed by atoms with van der Waals surface area (Å²) in [6, 6.07) is 0. The Morgan fingerprint density at radius 3 is 2.11 bits per heavy atom. The van der Waals surface area contributed by atoms with Gasteiger partial charge in [0.05, 0.1) is 0 Å². The van der Waals surface area contributed by atoms with Gasteiger partial charge in [0.1, 0.15) is 0 Å². The zero-order chi connectivity index (χ0) is 10.3. The van der Waals surface area contributed by atoms with E-state index in [-0.39, 0.29) is 51.0 Å². The van der Waals surface area contributed by atoms with Crippen molar-refractivity contribution in [3.63, 3.8) is 0 Å². The van der Waals surface area contributed by atoms with E-state index in [1.165, 1.54) is 31.3 Å². The van der Waals surface area contributed by atoms with E-state index in [1.54, 1.807) is 0 Å². The van der Waals surface area contributed by atoms with Crippen LogP contribution in [0.4, 0.5) is 0 Å². The molecule has 0 aromatic rings. The minimum atomic E-state index is 0. The second kappa shape index (κ2) is 12.5. The van der Waals surface area contributed by atoms with Crippen LogP contribution in [-0.4, -0.2) is 0 Å². The number of hydrogen-bond acceptors (Lipinski definition) is 0. The summed E-state index contributed by atoms with van der Waals surface area (Å²) in [5.74, 6) is 0.874. The fourth-order valence-corrected chi connectivity index (χ4v) is 2.28. The van der Waals surface area contributed by atoms with Crippen molar-refractivity contribution in [2.75, 3.05) is 0 Å². The van der Waals surface area contributed by atoms with Crippen molar-refractivity contribution in [1.82, 2.24) is 0 Å². The Morgan fingerprint density at radius 1 is 1.00 bits per heavy atom. The van der Waals surface area contributed by atoms with Crippen LogP contribution in [0.1, 0.15) is 38.5 Å². The van der Waals surface area contributed by atoms with Crippen molar-refractivity contribution in [3.8, 4) is 0 Å². The van der Waals surface area contributed by atoms with Gasteiger partial charge in [0.15, 0.2) is 0 Å². The summed E-state index contributed by atoms with van der Waals surface area (Å²) >= 11 is 0. The minimum Gasteiger partial charge on any atom is -1.00 e. The Bertz CT molecular complexity index is 300. The molecule has 3 heteroatoms. The molecule has 96 valence electrons. The van der Waals surface area contributed by atoms with E-state index in [9.17, 15) is 0 Å². The third-order valence-corrected chi connectivity index (χ3v) is 3.10. The molecule has 0 atom stereocenters. The summed E-state index contributed by atoms with van der Waals surface area (Å²) in [6.07, 6.45) is 24.6. The van der Waals surface area contributed by atoms with Gasteiger partial charge in [0, 0.05) is 0 Å². The molecule has 0 saturated heterocycles. The molecule has 0 aromatic heterocycles. The van der Waals surface area contributed by atoms with Crippen LogP contribution < -0.4 is 24.8 Å². The first-order chi connectivity index (χ1) is 7.47. The molecule has 0 nitrogen and oxygen atoms in total. The standard InChI is InChI=1S/C10H13.C5H5.2ClH.Zr/c1-2-6-9(5-1)10-7-3-4-8-10;1-2-4-5-3-1;;;/h1,5,10H,2-4,7-8H2;1-3H,4H2;2*1H;/q2*-1;;;+4/p-2. The van der Waals surface area contributed by atoms with Crippen molar-refractivity contribution < 1.29 is 51.0 Å². The van der Waals surface area contributed by atoms with Crippen molar-refractivity contribution in [3.05, 3.63) is 48.1 Å². The molecule has 0 aromatic carbocycles. The van der Waals surface area contributed by atoms with Gasteiger partial charge in [0.25, 0.3) is 0 Å². The predicted molar refractivity (Wildman–Crippen MR) is 64.0 cm³/mol. The molecular weight excluding hydrogens is 342 g/mol. The van der Waals surface area contributed by atoms with Crippen LogP contribution in [0, 0.1) is 18.1 Å². The zero-order valence-corrected chi connectivity index (χ0v) is 14.4. The van der Waals surface area contributed by atoms with Crippen LogP contribution in [0.15, 0.2) is 36.0 Å². The van der Waals surface area contributed by atoms with Gasteiger partial charge in [-0.15, -0.1) is 12.8 Å². The smallest absolute Gasteiger partial charge is 1.00 e. The van der Waals surface area contributed by atoms with E-state index in [0.717, 1.165) is 18.8 Å². The largest absolute Gasteiger partial charge is 4.00 e. The molecule has 3 aliphatic carbocycles. The first-order valence-electron chi connectivity index (χ1n) is 5.96. The maximum atomic E-state index is 3.40. The molecule has 1 saturated carbocycles. The topological polar surface area (TPSA) is 0 Å². The Hall–Kier alpha value is 0.423. The molecule has 0 aliphatic heterocycles. The molecule has 0 amide bonds. The minimum absolute atomic E-state index is 0. The number of hydrogen-bond donors (Lipinski definition) is 0. The molecule has 0 heterocycles. The summed E-state index contributed by atoms with van der Waals surface area (Å²) in [5, 5.41) is 0. The van der Waals surface area contributed by atoms with Gasteiger partial charge in [-0.1, -0.05) is 12.8 Å². The van der Waals surface area contributed by atoms with E-state index in [4.69, 9.17) is 0 Å². The average Bonchev–Trinajstić information content (AvgIpc) is 3.06. The second-order valence-corrected chi connectivity index (χ2v) is 4.22. The van der Waals surface area contributed by atoms with Gasteiger partial charge < -0.3 is 24.8 Å². The van der Waals surface area contributed by atoms with Crippen molar-refractivity contribution in [2.24, 2.45) is 5.92 Å². The third kappa shape index (κ3) is 7.12. The average molecular weight is 360 g/mol. The molecule has 18 heavy (non-hydrogen) atoms. The fraction of sp³-hybridized carbons (Fsp3) is 0.467. The predicted octanol–water partition coefficient (Wildman–Crippen LogP) is -1.82. The summed E-state index contributed by atoms with van der Waals surface area (Å²) in [7, 11) is 0. The third-order valence-electron chi connectivity index (χ3n) is 3.10. The van der Waals surface area contributed by atoms with Crippen LogP contribution >= 0.6 is 0 Å². The number of allylic oxidation sites excluding steroid dienone is 8. The number of rotatable bonds is 1. The SMILES string of the molecule is [C-]1=C(C2CCCC2)C=CC1.[C-]1=CC=CC1.[Cl-].[Cl-].[Zr+4]. The summed E-state index contributed by atoms with van der Waals surface area (Å²) in [6.45, 7) is 0. The summed E-state index contributed by atoms with van der Waals surface area (Å²) in [5.41, 5.74) is 1.50. The van der Waals surface area contributed by atoms with E-state index in [0.29, 0.717) is 0 Å². The van der Waals surface area contributed by atoms with Crippen LogP contribution in [0.5, 0.6) is 0 Å². The van der Waals surface area contributed by atoms with E-state index in [1.807, 2.05) is 12.2 Å². The second-order valence-electron chi connectivity index (χ2n) is 4.22. The molecule has 3 aliphatic rings. The molecule has 3 rings (SSSR count). The van der Waals surface area contributed by atoms with Gasteiger partial charge in [-0.3, -0.25) is 12.2 Å². The Labute approximate surface area is 143 Å². The van der Waals surface area contributed by atoms with Gasteiger partial charge in [-0.05, 0) is 18.8 Å². The molecule has 1 fully saturated rings. The van der Waals surface area contributed by atoms with Gasteiger partial charge >= 0.3 is 26.2 Å². The van der Waals surface area contributed by atoms with E-state index < -0.39 is 0 Å². The van der Waals surface area contributed by atoms with Crippen LogP contribution in [0.3, 0.4) is 0 Å². The molecule has 0 radical (unpaired) electrons. The van der Waals surface area contributed by atoms with Crippen LogP contribution in [0.25, 0.3) is 0 Å². The Kier molecular flexibility index (Phi) is 14.3. The first-order valence-corrected chi connectivity index (χ1v) is 5.96. The van der Waals surface area contributed by atoms with Gasteiger partial charge in [-0.2, -0.15) is 12.2 Å². The Morgan fingerprint density at radius 2 is 1.72 bits per heavy atom. The molecule has 0 N–H and O–H groups in total. The molecule has 0 bridgehead atoms. The summed E-state index contributed by atoms with van der Waals surface area (Å²) in [4.78, 5) is 0. The zero-order valence-electron chi connectivity index (χ0n) is 10.5. The van der Waals surface area contributed by atoms with E-state index >= 15 is 0 Å². The normalized spacial score (nSPS) is 19.2.